The molecule has 0 aromatic heterocycles. The Morgan fingerprint density at radius 2 is 1.60 bits per heavy atom. The van der Waals surface area contributed by atoms with Crippen LogP contribution in [-0.4, -0.2) is 14.2 Å². The van der Waals surface area contributed by atoms with E-state index in [1.54, 1.807) is 32.4 Å². The van der Waals surface area contributed by atoms with Crippen molar-refractivity contribution in [2.24, 2.45) is 5.73 Å². The van der Waals surface area contributed by atoms with Crippen LogP contribution in [0.2, 0.25) is 0 Å². The molecule has 0 unspecified atom stereocenters. The van der Waals surface area contributed by atoms with Crippen LogP contribution in [-0.2, 0) is 6.54 Å². The molecule has 0 heterocycles. The van der Waals surface area contributed by atoms with Crippen LogP contribution < -0.4 is 19.9 Å². The summed E-state index contributed by atoms with van der Waals surface area (Å²) in [4.78, 5) is 0. The molecular weight excluding hydrogens is 322 g/mol. The second-order valence-electron chi connectivity index (χ2n) is 4.07. The Morgan fingerprint density at radius 3 is 2.15 bits per heavy atom. The molecule has 0 fully saturated rings. The van der Waals surface area contributed by atoms with E-state index in [9.17, 15) is 0 Å². The molecule has 2 N–H and O–H groups in total. The highest BCUT2D eigenvalue weighted by atomic mass is 79.9. The number of methoxy groups -OCH3 is 2. The van der Waals surface area contributed by atoms with Crippen molar-refractivity contribution < 1.29 is 14.2 Å². The largest absolute Gasteiger partial charge is 0.496 e. The van der Waals surface area contributed by atoms with Crippen LogP contribution in [0.1, 0.15) is 5.56 Å². The number of hydrogen-bond acceptors (Lipinski definition) is 4. The molecule has 0 aliphatic carbocycles. The molecule has 0 radical (unpaired) electrons. The van der Waals surface area contributed by atoms with Gasteiger partial charge in [0.1, 0.15) is 23.0 Å². The summed E-state index contributed by atoms with van der Waals surface area (Å²) in [7, 11) is 3.20. The predicted octanol–water partition coefficient (Wildman–Crippen LogP) is 3.72. The van der Waals surface area contributed by atoms with Crippen LogP contribution in [0, 0.1) is 0 Å². The Hall–Kier alpha value is -1.72. The molecule has 0 aliphatic rings. The van der Waals surface area contributed by atoms with Crippen LogP contribution in [0.3, 0.4) is 0 Å². The third-order valence-electron chi connectivity index (χ3n) is 2.83. The van der Waals surface area contributed by atoms with Crippen molar-refractivity contribution in [2.45, 2.75) is 6.54 Å². The zero-order valence-electron chi connectivity index (χ0n) is 11.4. The number of ether oxygens (including phenoxy) is 3. The standard InChI is InChI=1S/C15H16BrNO3/c1-18-10-6-11(19-2)8-12(7-10)20-15-5-3-4-14(16)13(15)9-17/h3-8H,9,17H2,1-2H3. The summed E-state index contributed by atoms with van der Waals surface area (Å²) in [5, 5.41) is 0. The Balaban J connectivity index is 2.37. The molecule has 5 heteroatoms. The molecule has 0 amide bonds. The van der Waals surface area contributed by atoms with Gasteiger partial charge in [0.2, 0.25) is 0 Å². The van der Waals surface area contributed by atoms with Gasteiger partial charge in [0.15, 0.2) is 0 Å². The van der Waals surface area contributed by atoms with Gasteiger partial charge in [-0.3, -0.25) is 0 Å². The van der Waals surface area contributed by atoms with Crippen molar-refractivity contribution >= 4 is 15.9 Å². The zero-order chi connectivity index (χ0) is 14.5. The van der Waals surface area contributed by atoms with Gasteiger partial charge in [-0.2, -0.15) is 0 Å². The molecule has 4 nitrogen and oxygen atoms in total. The van der Waals surface area contributed by atoms with E-state index >= 15 is 0 Å². The zero-order valence-corrected chi connectivity index (χ0v) is 12.9. The maximum atomic E-state index is 5.90. The Kier molecular flexibility index (Phi) is 4.87. The summed E-state index contributed by atoms with van der Waals surface area (Å²) < 4.78 is 17.3. The smallest absolute Gasteiger partial charge is 0.134 e. The SMILES string of the molecule is COc1cc(OC)cc(Oc2cccc(Br)c2CN)c1. The van der Waals surface area contributed by atoms with Crippen molar-refractivity contribution in [1.82, 2.24) is 0 Å². The van der Waals surface area contributed by atoms with E-state index in [1.165, 1.54) is 0 Å². The molecular formula is C15H16BrNO3. The van der Waals surface area contributed by atoms with Crippen molar-refractivity contribution in [1.29, 1.82) is 0 Å². The molecule has 0 aliphatic heterocycles. The lowest BCUT2D eigenvalue weighted by Crippen LogP contribution is -2.00. The van der Waals surface area contributed by atoms with E-state index in [1.807, 2.05) is 18.2 Å². The lowest BCUT2D eigenvalue weighted by molar-refractivity contribution is 0.386. The molecule has 106 valence electrons. The van der Waals surface area contributed by atoms with Gasteiger partial charge in [-0.1, -0.05) is 22.0 Å². The summed E-state index contributed by atoms with van der Waals surface area (Å²) in [6.45, 7) is 0.387. The highest BCUT2D eigenvalue weighted by Crippen LogP contribution is 2.34. The third-order valence-corrected chi connectivity index (χ3v) is 3.58. The summed E-state index contributed by atoms with van der Waals surface area (Å²) in [6.07, 6.45) is 0. The van der Waals surface area contributed by atoms with Gasteiger partial charge in [-0.15, -0.1) is 0 Å². The molecule has 2 aromatic carbocycles. The topological polar surface area (TPSA) is 53.7 Å². The minimum Gasteiger partial charge on any atom is -0.496 e. The van der Waals surface area contributed by atoms with E-state index in [-0.39, 0.29) is 0 Å². The molecule has 20 heavy (non-hydrogen) atoms. The van der Waals surface area contributed by atoms with E-state index < -0.39 is 0 Å². The van der Waals surface area contributed by atoms with E-state index in [2.05, 4.69) is 15.9 Å². The van der Waals surface area contributed by atoms with Crippen LogP contribution in [0.4, 0.5) is 0 Å². The van der Waals surface area contributed by atoms with E-state index in [4.69, 9.17) is 19.9 Å². The summed E-state index contributed by atoms with van der Waals surface area (Å²) in [5.74, 6) is 2.68. The first-order chi connectivity index (χ1) is 9.67. The van der Waals surface area contributed by atoms with Crippen molar-refractivity contribution in [3.63, 3.8) is 0 Å². The van der Waals surface area contributed by atoms with Gasteiger partial charge in [-0.05, 0) is 12.1 Å². The first-order valence-corrected chi connectivity index (χ1v) is 6.85. The molecule has 0 spiro atoms. The van der Waals surface area contributed by atoms with Gasteiger partial charge in [0.05, 0.1) is 14.2 Å². The number of hydrogen-bond donors (Lipinski definition) is 1. The monoisotopic (exact) mass is 337 g/mol. The molecule has 0 saturated carbocycles. The maximum absolute atomic E-state index is 5.90. The fraction of sp³-hybridized carbons (Fsp3) is 0.200. The lowest BCUT2D eigenvalue weighted by Gasteiger charge is -2.13. The van der Waals surface area contributed by atoms with Crippen LogP contribution in [0.25, 0.3) is 0 Å². The second kappa shape index (κ2) is 6.63. The van der Waals surface area contributed by atoms with Crippen molar-refractivity contribution in [2.75, 3.05) is 14.2 Å². The predicted molar refractivity (Wildman–Crippen MR) is 81.7 cm³/mol. The third kappa shape index (κ3) is 3.23. The highest BCUT2D eigenvalue weighted by Gasteiger charge is 2.09. The Morgan fingerprint density at radius 1 is 1.00 bits per heavy atom. The number of nitrogens with two attached hydrogens (primary N) is 1. The molecule has 0 saturated heterocycles. The first-order valence-electron chi connectivity index (χ1n) is 6.06. The van der Waals surface area contributed by atoms with Crippen molar-refractivity contribution in [3.05, 3.63) is 46.4 Å². The fourth-order valence-corrected chi connectivity index (χ4v) is 2.31. The fourth-order valence-electron chi connectivity index (χ4n) is 1.80. The molecule has 2 aromatic rings. The molecule has 0 atom stereocenters. The van der Waals surface area contributed by atoms with E-state index in [0.29, 0.717) is 29.5 Å². The van der Waals surface area contributed by atoms with Gasteiger partial charge in [0.25, 0.3) is 0 Å². The minimum atomic E-state index is 0.387. The van der Waals surface area contributed by atoms with Gasteiger partial charge >= 0.3 is 0 Å². The van der Waals surface area contributed by atoms with Gasteiger partial charge in [-0.25, -0.2) is 0 Å². The first kappa shape index (κ1) is 14.7. The summed E-state index contributed by atoms with van der Waals surface area (Å²) in [6, 6.07) is 11.1. The normalized spacial score (nSPS) is 10.2. The van der Waals surface area contributed by atoms with Gasteiger partial charge in [0, 0.05) is 34.8 Å². The average molecular weight is 338 g/mol. The minimum absolute atomic E-state index is 0.387. The second-order valence-corrected chi connectivity index (χ2v) is 4.93. The quantitative estimate of drug-likeness (QED) is 0.903. The van der Waals surface area contributed by atoms with Gasteiger partial charge < -0.3 is 19.9 Å². The highest BCUT2D eigenvalue weighted by molar-refractivity contribution is 9.10. The number of rotatable bonds is 5. The average Bonchev–Trinajstić information content (AvgIpc) is 2.47. The molecule has 2 rings (SSSR count). The summed E-state index contributed by atoms with van der Waals surface area (Å²) >= 11 is 3.47. The summed E-state index contributed by atoms with van der Waals surface area (Å²) in [5.41, 5.74) is 6.67. The van der Waals surface area contributed by atoms with Crippen LogP contribution >= 0.6 is 15.9 Å². The Labute approximate surface area is 126 Å². The Bertz CT molecular complexity index is 579. The lowest BCUT2D eigenvalue weighted by atomic mass is 10.2. The number of halogens is 1. The molecule has 0 bridgehead atoms. The van der Waals surface area contributed by atoms with Crippen LogP contribution in [0.15, 0.2) is 40.9 Å². The van der Waals surface area contributed by atoms with Crippen LogP contribution in [0.5, 0.6) is 23.0 Å². The van der Waals surface area contributed by atoms with Crippen molar-refractivity contribution in [3.8, 4) is 23.0 Å². The van der Waals surface area contributed by atoms with E-state index in [0.717, 1.165) is 10.0 Å². The maximum Gasteiger partial charge on any atom is 0.134 e. The number of benzene rings is 2.